The lowest BCUT2D eigenvalue weighted by Crippen LogP contribution is -2.36. The number of carbonyl (C=O) groups is 1. The second-order valence-electron chi connectivity index (χ2n) is 5.98. The molecule has 0 bridgehead atoms. The summed E-state index contributed by atoms with van der Waals surface area (Å²) in [6, 6.07) is 5.97. The van der Waals surface area contributed by atoms with E-state index in [2.05, 4.69) is 10.1 Å². The van der Waals surface area contributed by atoms with E-state index in [-0.39, 0.29) is 11.9 Å². The van der Waals surface area contributed by atoms with Gasteiger partial charge in [0.2, 0.25) is 5.82 Å². The summed E-state index contributed by atoms with van der Waals surface area (Å²) >= 11 is 0. The Labute approximate surface area is 152 Å². The van der Waals surface area contributed by atoms with Gasteiger partial charge in [-0.3, -0.25) is 4.79 Å². The minimum atomic E-state index is -0.155. The van der Waals surface area contributed by atoms with Gasteiger partial charge in [0.05, 0.1) is 26.7 Å². The first kappa shape index (κ1) is 18.0. The van der Waals surface area contributed by atoms with Crippen LogP contribution in [0.15, 0.2) is 22.7 Å². The molecule has 1 saturated heterocycles. The van der Waals surface area contributed by atoms with Gasteiger partial charge in [0.25, 0.3) is 0 Å². The lowest BCUT2D eigenvalue weighted by Gasteiger charge is -2.28. The molecular weight excluding hydrogens is 338 g/mol. The van der Waals surface area contributed by atoms with Gasteiger partial charge in [-0.05, 0) is 38.0 Å². The largest absolute Gasteiger partial charge is 0.493 e. The van der Waals surface area contributed by atoms with Crippen molar-refractivity contribution in [3.05, 3.63) is 18.2 Å². The van der Waals surface area contributed by atoms with Crippen molar-refractivity contribution in [2.75, 3.05) is 38.8 Å². The Hall–Kier alpha value is -2.77. The zero-order valence-electron chi connectivity index (χ0n) is 15.2. The average Bonchev–Trinajstić information content (AvgIpc) is 3.18. The molecule has 8 heteroatoms. The fraction of sp³-hybridized carbons (Fsp3) is 0.500. The summed E-state index contributed by atoms with van der Waals surface area (Å²) in [5.74, 6) is 1.56. The van der Waals surface area contributed by atoms with Gasteiger partial charge in [0, 0.05) is 18.7 Å². The van der Waals surface area contributed by atoms with Crippen molar-refractivity contribution in [2.24, 2.45) is 5.92 Å². The van der Waals surface area contributed by atoms with Crippen LogP contribution in [-0.2, 0) is 9.53 Å². The standard InChI is InChI=1S/C18H23N3O5/c1-4-25-14-6-5-13(11-15(14)23-2)16-19-18(26-20-16)21-9-7-12(8-10-21)17(22)24-3/h5-6,11-12H,4,7-10H2,1-3H3. The van der Waals surface area contributed by atoms with Gasteiger partial charge in [-0.25, -0.2) is 0 Å². The fourth-order valence-electron chi connectivity index (χ4n) is 3.02. The molecule has 0 radical (unpaired) electrons. The lowest BCUT2D eigenvalue weighted by molar-refractivity contribution is -0.146. The van der Waals surface area contributed by atoms with Gasteiger partial charge >= 0.3 is 12.0 Å². The Morgan fingerprint density at radius 1 is 1.27 bits per heavy atom. The molecule has 1 aliphatic rings. The Bertz CT molecular complexity index is 753. The number of anilines is 1. The van der Waals surface area contributed by atoms with Crippen molar-refractivity contribution >= 4 is 12.0 Å². The summed E-state index contributed by atoms with van der Waals surface area (Å²) in [4.78, 5) is 18.1. The highest BCUT2D eigenvalue weighted by Crippen LogP contribution is 2.32. The average molecular weight is 361 g/mol. The van der Waals surface area contributed by atoms with Crippen molar-refractivity contribution < 1.29 is 23.5 Å². The van der Waals surface area contributed by atoms with Crippen molar-refractivity contribution in [3.8, 4) is 22.9 Å². The minimum absolute atomic E-state index is 0.0611. The maximum atomic E-state index is 11.6. The molecule has 8 nitrogen and oxygen atoms in total. The van der Waals surface area contributed by atoms with E-state index in [1.54, 1.807) is 7.11 Å². The molecule has 140 valence electrons. The summed E-state index contributed by atoms with van der Waals surface area (Å²) in [6.45, 7) is 3.83. The van der Waals surface area contributed by atoms with E-state index in [4.69, 9.17) is 18.7 Å². The molecule has 0 aliphatic carbocycles. The summed E-state index contributed by atoms with van der Waals surface area (Å²) in [7, 11) is 3.01. The van der Waals surface area contributed by atoms with Crippen LogP contribution in [-0.4, -0.2) is 50.0 Å². The third kappa shape index (κ3) is 3.74. The number of rotatable bonds is 6. The van der Waals surface area contributed by atoms with E-state index in [0.717, 1.165) is 5.56 Å². The first-order valence-corrected chi connectivity index (χ1v) is 8.64. The Balaban J connectivity index is 1.71. The molecule has 1 aromatic carbocycles. The predicted molar refractivity (Wildman–Crippen MR) is 94.4 cm³/mol. The van der Waals surface area contributed by atoms with Crippen LogP contribution in [0.4, 0.5) is 6.01 Å². The summed E-state index contributed by atoms with van der Waals surface area (Å²) in [5.41, 5.74) is 0.782. The maximum Gasteiger partial charge on any atom is 0.324 e. The molecule has 0 amide bonds. The highest BCUT2D eigenvalue weighted by molar-refractivity contribution is 5.72. The summed E-state index contributed by atoms with van der Waals surface area (Å²) in [6.07, 6.45) is 1.42. The molecule has 1 aromatic heterocycles. The van der Waals surface area contributed by atoms with Gasteiger partial charge in [-0.2, -0.15) is 4.98 Å². The Kier molecular flexibility index (Phi) is 5.60. The molecule has 0 unspecified atom stereocenters. The molecule has 1 aliphatic heterocycles. The van der Waals surface area contributed by atoms with Crippen LogP contribution in [0.25, 0.3) is 11.4 Å². The van der Waals surface area contributed by atoms with Crippen LogP contribution in [0.3, 0.4) is 0 Å². The number of hydrogen-bond acceptors (Lipinski definition) is 8. The quantitative estimate of drug-likeness (QED) is 0.726. The monoisotopic (exact) mass is 361 g/mol. The molecule has 26 heavy (non-hydrogen) atoms. The van der Waals surface area contributed by atoms with E-state index < -0.39 is 0 Å². The molecular formula is C18H23N3O5. The van der Waals surface area contributed by atoms with Crippen LogP contribution >= 0.6 is 0 Å². The van der Waals surface area contributed by atoms with Crippen LogP contribution in [0.5, 0.6) is 11.5 Å². The fourth-order valence-corrected chi connectivity index (χ4v) is 3.02. The maximum absolute atomic E-state index is 11.6. The first-order chi connectivity index (χ1) is 12.7. The van der Waals surface area contributed by atoms with Crippen molar-refractivity contribution in [3.63, 3.8) is 0 Å². The van der Waals surface area contributed by atoms with Crippen molar-refractivity contribution in [2.45, 2.75) is 19.8 Å². The number of methoxy groups -OCH3 is 2. The van der Waals surface area contributed by atoms with E-state index in [0.29, 0.717) is 55.9 Å². The zero-order valence-corrected chi connectivity index (χ0v) is 15.2. The molecule has 2 heterocycles. The first-order valence-electron chi connectivity index (χ1n) is 8.64. The highest BCUT2D eigenvalue weighted by Gasteiger charge is 2.28. The number of ether oxygens (including phenoxy) is 3. The van der Waals surface area contributed by atoms with Gasteiger partial charge in [-0.1, -0.05) is 5.16 Å². The zero-order chi connectivity index (χ0) is 18.5. The minimum Gasteiger partial charge on any atom is -0.493 e. The molecule has 1 fully saturated rings. The van der Waals surface area contributed by atoms with E-state index >= 15 is 0 Å². The highest BCUT2D eigenvalue weighted by atomic mass is 16.5. The van der Waals surface area contributed by atoms with Crippen LogP contribution < -0.4 is 14.4 Å². The molecule has 2 aromatic rings. The van der Waals surface area contributed by atoms with Gasteiger partial charge in [0.1, 0.15) is 0 Å². The van der Waals surface area contributed by atoms with Crippen LogP contribution in [0.1, 0.15) is 19.8 Å². The smallest absolute Gasteiger partial charge is 0.324 e. The number of aromatic nitrogens is 2. The second kappa shape index (κ2) is 8.07. The second-order valence-corrected chi connectivity index (χ2v) is 5.98. The molecule has 0 N–H and O–H groups in total. The third-order valence-electron chi connectivity index (χ3n) is 4.44. The number of esters is 1. The van der Waals surface area contributed by atoms with E-state index in [9.17, 15) is 4.79 Å². The van der Waals surface area contributed by atoms with Crippen molar-refractivity contribution in [1.82, 2.24) is 10.1 Å². The van der Waals surface area contributed by atoms with E-state index in [1.165, 1.54) is 7.11 Å². The number of nitrogens with zero attached hydrogens (tertiary/aromatic N) is 3. The number of hydrogen-bond donors (Lipinski definition) is 0. The lowest BCUT2D eigenvalue weighted by atomic mass is 9.97. The third-order valence-corrected chi connectivity index (χ3v) is 4.44. The van der Waals surface area contributed by atoms with Crippen LogP contribution in [0, 0.1) is 5.92 Å². The summed E-state index contributed by atoms with van der Waals surface area (Å²) in [5, 5.41) is 4.07. The normalized spacial score (nSPS) is 15.0. The number of carbonyl (C=O) groups excluding carboxylic acids is 1. The molecule has 3 rings (SSSR count). The van der Waals surface area contributed by atoms with Gasteiger partial charge < -0.3 is 23.6 Å². The molecule has 0 saturated carbocycles. The van der Waals surface area contributed by atoms with Crippen LogP contribution in [0.2, 0.25) is 0 Å². The van der Waals surface area contributed by atoms with E-state index in [1.807, 2.05) is 30.0 Å². The van der Waals surface area contributed by atoms with Crippen molar-refractivity contribution in [1.29, 1.82) is 0 Å². The number of piperidine rings is 1. The number of benzene rings is 1. The predicted octanol–water partition coefficient (Wildman–Crippen LogP) is 2.53. The SMILES string of the molecule is CCOc1ccc(-c2noc(N3CCC(C(=O)OC)CC3)n2)cc1OC. The molecule has 0 atom stereocenters. The summed E-state index contributed by atoms with van der Waals surface area (Å²) < 4.78 is 21.1. The Morgan fingerprint density at radius 3 is 2.69 bits per heavy atom. The van der Waals surface area contributed by atoms with Gasteiger partial charge in [-0.15, -0.1) is 0 Å². The Morgan fingerprint density at radius 2 is 2.04 bits per heavy atom. The van der Waals surface area contributed by atoms with Gasteiger partial charge in [0.15, 0.2) is 11.5 Å². The molecule has 0 spiro atoms. The topological polar surface area (TPSA) is 86.9 Å².